The molecule has 164 valence electrons. The number of anilines is 2. The molecule has 1 aliphatic heterocycles. The van der Waals surface area contributed by atoms with Crippen LogP contribution in [0.3, 0.4) is 0 Å². The predicted octanol–water partition coefficient (Wildman–Crippen LogP) is 3.84. The van der Waals surface area contributed by atoms with Crippen molar-refractivity contribution in [1.29, 1.82) is 0 Å². The van der Waals surface area contributed by atoms with Gasteiger partial charge in [-0.05, 0) is 30.3 Å². The van der Waals surface area contributed by atoms with Gasteiger partial charge in [0.2, 0.25) is 5.91 Å². The van der Waals surface area contributed by atoms with Gasteiger partial charge in [0.25, 0.3) is 0 Å². The maximum atomic E-state index is 12.9. The highest BCUT2D eigenvalue weighted by Crippen LogP contribution is 2.46. The Hall–Kier alpha value is -3.12. The molecule has 1 amide bonds. The minimum absolute atomic E-state index is 0.0188. The predicted molar refractivity (Wildman–Crippen MR) is 125 cm³/mol. The van der Waals surface area contributed by atoms with Crippen LogP contribution in [0.5, 0.6) is 5.75 Å². The summed E-state index contributed by atoms with van der Waals surface area (Å²) in [6, 6.07) is 15.5. The smallest absolute Gasteiger partial charge is 0.238 e. The largest absolute Gasteiger partial charge is 0.495 e. The molecule has 2 aromatic rings. The second kappa shape index (κ2) is 9.35. The summed E-state index contributed by atoms with van der Waals surface area (Å²) in [5.41, 5.74) is 3.66. The van der Waals surface area contributed by atoms with Gasteiger partial charge in [-0.2, -0.15) is 0 Å². The number of hydrogen-bond acceptors (Lipinski definition) is 5. The van der Waals surface area contributed by atoms with E-state index in [4.69, 9.17) is 4.74 Å². The first kappa shape index (κ1) is 22.6. The van der Waals surface area contributed by atoms with E-state index in [-0.39, 0.29) is 30.2 Å². The van der Waals surface area contributed by atoms with Crippen molar-refractivity contribution < 1.29 is 14.3 Å². The quantitative estimate of drug-likeness (QED) is 0.657. The van der Waals surface area contributed by atoms with Gasteiger partial charge in [0.1, 0.15) is 5.75 Å². The maximum Gasteiger partial charge on any atom is 0.238 e. The highest BCUT2D eigenvalue weighted by Gasteiger charge is 2.38. The zero-order valence-corrected chi connectivity index (χ0v) is 18.9. The van der Waals surface area contributed by atoms with Crippen molar-refractivity contribution in [3.05, 3.63) is 65.9 Å². The van der Waals surface area contributed by atoms with Gasteiger partial charge in [-0.1, -0.05) is 51.1 Å². The summed E-state index contributed by atoms with van der Waals surface area (Å²) in [6.07, 6.45) is 1.72. The lowest BCUT2D eigenvalue weighted by molar-refractivity contribution is -0.119. The fourth-order valence-corrected chi connectivity index (χ4v) is 4.10. The van der Waals surface area contributed by atoms with E-state index in [0.29, 0.717) is 18.0 Å². The molecule has 0 bridgehead atoms. The normalized spacial score (nSPS) is 15.8. The molecule has 1 N–H and O–H groups in total. The molecule has 0 aromatic heterocycles. The van der Waals surface area contributed by atoms with Crippen molar-refractivity contribution in [3.63, 3.8) is 0 Å². The first-order valence-corrected chi connectivity index (χ1v) is 10.5. The Morgan fingerprint density at radius 1 is 1.10 bits per heavy atom. The molecule has 0 unspecified atom stereocenters. The van der Waals surface area contributed by atoms with Crippen LogP contribution in [0, 0.1) is 0 Å². The van der Waals surface area contributed by atoms with E-state index in [0.717, 1.165) is 11.4 Å². The first-order valence-electron chi connectivity index (χ1n) is 10.5. The zero-order valence-electron chi connectivity index (χ0n) is 18.9. The average molecular weight is 422 g/mol. The molecule has 6 heteroatoms. The fraction of sp³-hybridized carbons (Fsp3) is 0.360. The monoisotopic (exact) mass is 421 g/mol. The van der Waals surface area contributed by atoms with Gasteiger partial charge < -0.3 is 15.0 Å². The zero-order chi connectivity index (χ0) is 22.6. The molecule has 0 saturated heterocycles. The van der Waals surface area contributed by atoms with Crippen molar-refractivity contribution >= 4 is 23.1 Å². The number of amides is 1. The van der Waals surface area contributed by atoms with Gasteiger partial charge in [0.05, 0.1) is 25.9 Å². The highest BCUT2D eigenvalue weighted by atomic mass is 16.5. The summed E-state index contributed by atoms with van der Waals surface area (Å²) in [5.74, 6) is 0.401. The second-order valence-electron chi connectivity index (χ2n) is 8.25. The minimum Gasteiger partial charge on any atom is -0.495 e. The van der Waals surface area contributed by atoms with E-state index in [1.807, 2.05) is 43.1 Å². The van der Waals surface area contributed by atoms with Crippen LogP contribution in [0.25, 0.3) is 0 Å². The molecule has 0 saturated carbocycles. The van der Waals surface area contributed by atoms with Crippen molar-refractivity contribution in [2.24, 2.45) is 0 Å². The lowest BCUT2D eigenvalue weighted by Gasteiger charge is -2.24. The van der Waals surface area contributed by atoms with Crippen LogP contribution >= 0.6 is 0 Å². The van der Waals surface area contributed by atoms with Gasteiger partial charge >= 0.3 is 0 Å². The third kappa shape index (κ3) is 4.80. The Balaban J connectivity index is 1.67. The van der Waals surface area contributed by atoms with E-state index in [1.165, 1.54) is 5.56 Å². The average Bonchev–Trinajstić information content (AvgIpc) is 2.94. The van der Waals surface area contributed by atoms with Crippen molar-refractivity contribution in [3.8, 4) is 5.75 Å². The first-order chi connectivity index (χ1) is 14.8. The molecule has 3 rings (SSSR count). The number of ether oxygens (including phenoxy) is 1. The summed E-state index contributed by atoms with van der Waals surface area (Å²) in [7, 11) is 3.56. The standard InChI is InChI=1S/C25H31N3O3/c1-6-28(17-24(30)26-20-12-8-10-14-22(20)31-5)16-18(29)15-23-25(2,3)19-11-7-9-13-21(19)27(23)4/h7-15H,6,16-17H2,1-5H3,(H,26,30)/b23-15-. The van der Waals surface area contributed by atoms with Crippen molar-refractivity contribution in [2.75, 3.05) is 44.0 Å². The number of rotatable bonds is 8. The number of nitrogens with one attached hydrogen (secondary N) is 1. The third-order valence-electron chi connectivity index (χ3n) is 5.81. The van der Waals surface area contributed by atoms with E-state index >= 15 is 0 Å². The number of carbonyl (C=O) groups is 2. The van der Waals surface area contributed by atoms with E-state index in [2.05, 4.69) is 36.2 Å². The number of nitrogens with zero attached hydrogens (tertiary/aromatic N) is 2. The molecule has 1 heterocycles. The van der Waals surface area contributed by atoms with Gasteiger partial charge in [0.15, 0.2) is 5.78 Å². The van der Waals surface area contributed by atoms with Crippen molar-refractivity contribution in [2.45, 2.75) is 26.2 Å². The number of ketones is 1. The Kier molecular flexibility index (Phi) is 6.81. The number of likely N-dealkylation sites (N-methyl/N-ethyl adjacent to an activating group) is 2. The number of allylic oxidation sites excluding steroid dienone is 1. The van der Waals surface area contributed by atoms with Crippen molar-refractivity contribution in [1.82, 2.24) is 4.90 Å². The van der Waals surface area contributed by atoms with Crippen LogP contribution in [0.15, 0.2) is 60.3 Å². The molecule has 0 fully saturated rings. The molecule has 0 radical (unpaired) electrons. The summed E-state index contributed by atoms with van der Waals surface area (Å²) in [5, 5.41) is 2.86. The molecule has 6 nitrogen and oxygen atoms in total. The fourth-order valence-electron chi connectivity index (χ4n) is 4.10. The maximum absolute atomic E-state index is 12.9. The summed E-state index contributed by atoms with van der Waals surface area (Å²) < 4.78 is 5.28. The summed E-state index contributed by atoms with van der Waals surface area (Å²) in [4.78, 5) is 29.3. The topological polar surface area (TPSA) is 61.9 Å². The summed E-state index contributed by atoms with van der Waals surface area (Å²) in [6.45, 7) is 7.11. The van der Waals surface area contributed by atoms with Crippen LogP contribution in [-0.4, -0.2) is 50.4 Å². The Bertz CT molecular complexity index is 997. The third-order valence-corrected chi connectivity index (χ3v) is 5.81. The molecular formula is C25H31N3O3. The molecular weight excluding hydrogens is 390 g/mol. The van der Waals surface area contributed by atoms with E-state index in [1.54, 1.807) is 25.3 Å². The number of fused-ring (bicyclic) bond motifs is 1. The SMILES string of the molecule is CCN(CC(=O)/C=C1\N(C)c2ccccc2C1(C)C)CC(=O)Nc1ccccc1OC. The molecule has 0 spiro atoms. The summed E-state index contributed by atoms with van der Waals surface area (Å²) >= 11 is 0. The Labute approximate surface area is 184 Å². The van der Waals surface area contributed by atoms with Crippen LogP contribution in [0.2, 0.25) is 0 Å². The number of methoxy groups -OCH3 is 1. The highest BCUT2D eigenvalue weighted by molar-refractivity contribution is 5.96. The lowest BCUT2D eigenvalue weighted by Crippen LogP contribution is -2.37. The van der Waals surface area contributed by atoms with E-state index < -0.39 is 0 Å². The Morgan fingerprint density at radius 3 is 2.45 bits per heavy atom. The molecule has 2 aromatic carbocycles. The number of hydrogen-bond donors (Lipinski definition) is 1. The Morgan fingerprint density at radius 2 is 1.77 bits per heavy atom. The number of carbonyl (C=O) groups excluding carboxylic acids is 2. The minimum atomic E-state index is -0.251. The van der Waals surface area contributed by atoms with Gasteiger partial charge in [-0.15, -0.1) is 0 Å². The lowest BCUT2D eigenvalue weighted by atomic mass is 9.83. The van der Waals surface area contributed by atoms with Gasteiger partial charge in [-0.25, -0.2) is 0 Å². The number of para-hydroxylation sites is 3. The molecule has 0 atom stereocenters. The molecule has 1 aliphatic rings. The van der Waals surface area contributed by atoms with E-state index in [9.17, 15) is 9.59 Å². The van der Waals surface area contributed by atoms with Crippen LogP contribution in [-0.2, 0) is 15.0 Å². The van der Waals surface area contributed by atoms with Gasteiger partial charge in [-0.3, -0.25) is 14.5 Å². The van der Waals surface area contributed by atoms with Gasteiger partial charge in [0, 0.05) is 29.9 Å². The number of benzene rings is 2. The molecule has 31 heavy (non-hydrogen) atoms. The van der Waals surface area contributed by atoms with Crippen LogP contribution in [0.4, 0.5) is 11.4 Å². The van der Waals surface area contributed by atoms with Crippen LogP contribution in [0.1, 0.15) is 26.3 Å². The second-order valence-corrected chi connectivity index (χ2v) is 8.25. The van der Waals surface area contributed by atoms with Crippen LogP contribution < -0.4 is 15.0 Å². The molecule has 0 aliphatic carbocycles.